The molecule has 3 rings (SSSR count). The summed E-state index contributed by atoms with van der Waals surface area (Å²) < 4.78 is 0. The quantitative estimate of drug-likeness (QED) is 0.775. The van der Waals surface area contributed by atoms with E-state index in [9.17, 15) is 9.90 Å². The van der Waals surface area contributed by atoms with Gasteiger partial charge in [-0.3, -0.25) is 0 Å². The number of anilines is 2. The molecule has 0 amide bonds. The molecule has 1 aliphatic heterocycles. The van der Waals surface area contributed by atoms with Crippen molar-refractivity contribution in [3.63, 3.8) is 0 Å². The normalized spacial score (nSPS) is 17.9. The molecule has 1 aliphatic rings. The first kappa shape index (κ1) is 16.3. The van der Waals surface area contributed by atoms with Gasteiger partial charge in [0.25, 0.3) is 0 Å². The number of para-hydroxylation sites is 2. The van der Waals surface area contributed by atoms with Gasteiger partial charge in [-0.15, -0.1) is 12.4 Å². The molecular formula is C14H18ClN5O2. The summed E-state index contributed by atoms with van der Waals surface area (Å²) in [5, 5.41) is 15.5. The number of halogens is 1. The van der Waals surface area contributed by atoms with Gasteiger partial charge in [0.2, 0.25) is 0 Å². The van der Waals surface area contributed by atoms with Gasteiger partial charge in [-0.05, 0) is 12.1 Å². The van der Waals surface area contributed by atoms with Crippen LogP contribution >= 0.6 is 12.4 Å². The molecule has 8 heteroatoms. The van der Waals surface area contributed by atoms with Gasteiger partial charge < -0.3 is 20.6 Å². The average Bonchev–Trinajstić information content (AvgIpc) is 2.53. The highest BCUT2D eigenvalue weighted by atomic mass is 35.5. The van der Waals surface area contributed by atoms with Crippen molar-refractivity contribution in [2.45, 2.75) is 6.04 Å². The molecule has 1 aromatic carbocycles. The fourth-order valence-electron chi connectivity index (χ4n) is 2.54. The molecule has 2 aromatic rings. The minimum atomic E-state index is -0.862. The Bertz CT molecular complexity index is 681. The van der Waals surface area contributed by atoms with E-state index in [-0.39, 0.29) is 12.4 Å². The van der Waals surface area contributed by atoms with Gasteiger partial charge in [0.1, 0.15) is 6.04 Å². The molecule has 2 heterocycles. The molecule has 0 aliphatic carbocycles. The Labute approximate surface area is 134 Å². The van der Waals surface area contributed by atoms with Gasteiger partial charge in [0.05, 0.1) is 11.0 Å². The second-order valence-electron chi connectivity index (χ2n) is 4.89. The van der Waals surface area contributed by atoms with Crippen LogP contribution in [0.25, 0.3) is 11.0 Å². The Kier molecular flexibility index (Phi) is 4.99. The molecule has 0 radical (unpaired) electrons. The van der Waals surface area contributed by atoms with E-state index in [0.717, 1.165) is 17.6 Å². The van der Waals surface area contributed by atoms with Crippen LogP contribution in [-0.2, 0) is 4.79 Å². The lowest BCUT2D eigenvalue weighted by molar-refractivity contribution is -0.138. The number of aromatic nitrogens is 2. The number of carbonyl (C=O) groups is 1. The number of nitrogens with one attached hydrogen (secondary N) is 2. The van der Waals surface area contributed by atoms with Crippen LogP contribution in [-0.4, -0.2) is 53.8 Å². The summed E-state index contributed by atoms with van der Waals surface area (Å²) in [6, 6.07) is 6.93. The third-order valence-electron chi connectivity index (χ3n) is 3.59. The Morgan fingerprint density at radius 1 is 1.36 bits per heavy atom. The lowest BCUT2D eigenvalue weighted by atomic mass is 10.2. The van der Waals surface area contributed by atoms with E-state index in [1.165, 1.54) is 0 Å². The van der Waals surface area contributed by atoms with Crippen molar-refractivity contribution >= 4 is 41.0 Å². The molecule has 7 nitrogen and oxygen atoms in total. The number of carboxylic acid groups (broad SMARTS) is 1. The molecule has 0 bridgehead atoms. The molecule has 0 spiro atoms. The second kappa shape index (κ2) is 6.76. The predicted molar refractivity (Wildman–Crippen MR) is 88.0 cm³/mol. The fraction of sp³-hybridized carbons (Fsp3) is 0.357. The summed E-state index contributed by atoms with van der Waals surface area (Å²) in [6.07, 6.45) is 0. The van der Waals surface area contributed by atoms with Gasteiger partial charge in [-0.1, -0.05) is 12.1 Å². The third-order valence-corrected chi connectivity index (χ3v) is 3.59. The number of rotatable bonds is 3. The van der Waals surface area contributed by atoms with Crippen molar-refractivity contribution < 1.29 is 9.90 Å². The van der Waals surface area contributed by atoms with Gasteiger partial charge in [-0.2, -0.15) is 0 Å². The summed E-state index contributed by atoms with van der Waals surface area (Å²) >= 11 is 0. The summed E-state index contributed by atoms with van der Waals surface area (Å²) in [4.78, 5) is 22.4. The van der Waals surface area contributed by atoms with Gasteiger partial charge >= 0.3 is 5.97 Å². The molecule has 1 fully saturated rings. The maximum atomic E-state index is 11.5. The Morgan fingerprint density at radius 3 is 2.68 bits per heavy atom. The summed E-state index contributed by atoms with van der Waals surface area (Å²) in [6.45, 7) is 1.70. The van der Waals surface area contributed by atoms with E-state index >= 15 is 0 Å². The lowest BCUT2D eigenvalue weighted by Crippen LogP contribution is -2.55. The highest BCUT2D eigenvalue weighted by Crippen LogP contribution is 2.26. The van der Waals surface area contributed by atoms with Crippen molar-refractivity contribution in [2.24, 2.45) is 0 Å². The topological polar surface area (TPSA) is 90.4 Å². The van der Waals surface area contributed by atoms with E-state index in [4.69, 9.17) is 0 Å². The maximum Gasteiger partial charge on any atom is 0.327 e. The van der Waals surface area contributed by atoms with Crippen LogP contribution in [0.3, 0.4) is 0 Å². The zero-order valence-electron chi connectivity index (χ0n) is 12.1. The van der Waals surface area contributed by atoms with Gasteiger partial charge in [0.15, 0.2) is 11.6 Å². The molecule has 118 valence electrons. The lowest BCUT2D eigenvalue weighted by Gasteiger charge is -2.35. The molecule has 0 saturated carbocycles. The van der Waals surface area contributed by atoms with Crippen LogP contribution in [0.5, 0.6) is 0 Å². The van der Waals surface area contributed by atoms with E-state index in [2.05, 4.69) is 20.6 Å². The largest absolute Gasteiger partial charge is 0.480 e. The number of hydrogen-bond acceptors (Lipinski definition) is 6. The standard InChI is InChI=1S/C14H17N5O2.ClH/c1-15-12-13(18-10-5-3-2-4-9(10)17-12)19-7-6-16-8-11(19)14(20)21;/h2-5,11,16H,6-8H2,1H3,(H,15,17)(H,20,21);1H. The fourth-order valence-corrected chi connectivity index (χ4v) is 2.54. The van der Waals surface area contributed by atoms with Crippen LogP contribution in [0.15, 0.2) is 24.3 Å². The minimum Gasteiger partial charge on any atom is -0.480 e. The molecule has 22 heavy (non-hydrogen) atoms. The van der Waals surface area contributed by atoms with Crippen molar-refractivity contribution in [2.75, 3.05) is 36.9 Å². The zero-order valence-corrected chi connectivity index (χ0v) is 12.9. The Balaban J connectivity index is 0.00000176. The number of carboxylic acids is 1. The van der Waals surface area contributed by atoms with Gasteiger partial charge in [-0.25, -0.2) is 14.8 Å². The first-order chi connectivity index (χ1) is 10.2. The van der Waals surface area contributed by atoms with Crippen LogP contribution in [0.2, 0.25) is 0 Å². The van der Waals surface area contributed by atoms with Crippen LogP contribution in [0.4, 0.5) is 11.6 Å². The van der Waals surface area contributed by atoms with Crippen molar-refractivity contribution in [1.29, 1.82) is 0 Å². The number of fused-ring (bicyclic) bond motifs is 1. The van der Waals surface area contributed by atoms with E-state index < -0.39 is 12.0 Å². The number of hydrogen-bond donors (Lipinski definition) is 3. The van der Waals surface area contributed by atoms with Crippen LogP contribution < -0.4 is 15.5 Å². The summed E-state index contributed by atoms with van der Waals surface area (Å²) in [5.41, 5.74) is 1.54. The smallest absolute Gasteiger partial charge is 0.327 e. The first-order valence-electron chi connectivity index (χ1n) is 6.85. The maximum absolute atomic E-state index is 11.5. The van der Waals surface area contributed by atoms with E-state index in [0.29, 0.717) is 24.7 Å². The summed E-state index contributed by atoms with van der Waals surface area (Å²) in [7, 11) is 1.76. The molecular weight excluding hydrogens is 306 g/mol. The summed E-state index contributed by atoms with van der Waals surface area (Å²) in [5.74, 6) is 0.325. The second-order valence-corrected chi connectivity index (χ2v) is 4.89. The van der Waals surface area contributed by atoms with Gasteiger partial charge in [0, 0.05) is 26.7 Å². The SMILES string of the molecule is CNc1nc2ccccc2nc1N1CCNCC1C(=O)O.Cl. The molecule has 1 aromatic heterocycles. The molecule has 1 saturated heterocycles. The third kappa shape index (κ3) is 2.90. The monoisotopic (exact) mass is 323 g/mol. The number of piperazine rings is 1. The number of nitrogens with zero attached hydrogens (tertiary/aromatic N) is 3. The molecule has 1 unspecified atom stereocenters. The molecule has 1 atom stereocenters. The predicted octanol–water partition coefficient (Wildman–Crippen LogP) is 0.956. The average molecular weight is 324 g/mol. The van der Waals surface area contributed by atoms with E-state index in [1.54, 1.807) is 11.9 Å². The Morgan fingerprint density at radius 2 is 2.05 bits per heavy atom. The number of benzene rings is 1. The van der Waals surface area contributed by atoms with E-state index in [1.807, 2.05) is 24.3 Å². The first-order valence-corrected chi connectivity index (χ1v) is 6.85. The van der Waals surface area contributed by atoms with Crippen LogP contribution in [0, 0.1) is 0 Å². The van der Waals surface area contributed by atoms with Crippen molar-refractivity contribution in [3.8, 4) is 0 Å². The Hall–Kier alpha value is -2.12. The highest BCUT2D eigenvalue weighted by Gasteiger charge is 2.31. The van der Waals surface area contributed by atoms with Crippen molar-refractivity contribution in [3.05, 3.63) is 24.3 Å². The highest BCUT2D eigenvalue weighted by molar-refractivity contribution is 5.85. The number of aliphatic carboxylic acids is 1. The minimum absolute atomic E-state index is 0. The van der Waals surface area contributed by atoms with Crippen molar-refractivity contribution in [1.82, 2.24) is 15.3 Å². The van der Waals surface area contributed by atoms with Crippen LogP contribution in [0.1, 0.15) is 0 Å². The zero-order chi connectivity index (χ0) is 14.8. The molecule has 3 N–H and O–H groups in total.